The summed E-state index contributed by atoms with van der Waals surface area (Å²) in [5.41, 5.74) is 4.69. The zero-order chi connectivity index (χ0) is 19.4. The molecule has 0 radical (unpaired) electrons. The number of hydrogen-bond donors (Lipinski definition) is 0. The smallest absolute Gasteiger partial charge is 0.217 e. The zero-order valence-electron chi connectivity index (χ0n) is 15.2. The normalized spacial score (nSPS) is 11.8. The van der Waals surface area contributed by atoms with E-state index in [1.807, 2.05) is 12.1 Å². The predicted octanol–water partition coefficient (Wildman–Crippen LogP) is 6.08. The van der Waals surface area contributed by atoms with Gasteiger partial charge < -0.3 is 0 Å². The minimum atomic E-state index is 0.818. The minimum Gasteiger partial charge on any atom is -0.260 e. The Bertz CT molecular complexity index is 1490. The van der Waals surface area contributed by atoms with Crippen LogP contribution in [0.25, 0.3) is 36.5 Å². The Morgan fingerprint density at radius 3 is 2.72 bits per heavy atom. The molecule has 4 heterocycles. The highest BCUT2D eigenvalue weighted by Gasteiger charge is 2.18. The fourth-order valence-corrected chi connectivity index (χ4v) is 6.32. The van der Waals surface area contributed by atoms with Gasteiger partial charge in [-0.05, 0) is 36.4 Å². The van der Waals surface area contributed by atoms with E-state index >= 15 is 0 Å². The minimum absolute atomic E-state index is 0.818. The molecule has 0 spiro atoms. The van der Waals surface area contributed by atoms with Crippen LogP contribution in [0.4, 0.5) is 0 Å². The van der Waals surface area contributed by atoms with E-state index in [4.69, 9.17) is 0 Å². The van der Waals surface area contributed by atoms with Gasteiger partial charge in [-0.25, -0.2) is 9.97 Å². The molecule has 4 aromatic heterocycles. The van der Waals surface area contributed by atoms with Crippen molar-refractivity contribution in [2.24, 2.45) is 0 Å². The second kappa shape index (κ2) is 6.62. The summed E-state index contributed by atoms with van der Waals surface area (Å²) >= 11 is 4.83. The zero-order valence-corrected chi connectivity index (χ0v) is 17.7. The molecule has 0 aliphatic rings. The number of aromatic nitrogens is 5. The van der Waals surface area contributed by atoms with E-state index in [2.05, 4.69) is 73.3 Å². The number of rotatable bonds is 3. The first-order valence-electron chi connectivity index (χ1n) is 8.98. The van der Waals surface area contributed by atoms with Gasteiger partial charge in [-0.2, -0.15) is 0 Å². The molecule has 0 aliphatic carbocycles. The Morgan fingerprint density at radius 1 is 0.966 bits per heavy atom. The van der Waals surface area contributed by atoms with Crippen molar-refractivity contribution >= 4 is 59.8 Å². The van der Waals surface area contributed by atoms with E-state index in [1.54, 1.807) is 40.8 Å². The van der Waals surface area contributed by atoms with Gasteiger partial charge in [-0.3, -0.25) is 4.40 Å². The van der Waals surface area contributed by atoms with E-state index in [0.717, 1.165) is 36.4 Å². The highest BCUT2D eigenvalue weighted by molar-refractivity contribution is 7.99. The lowest BCUT2D eigenvalue weighted by atomic mass is 10.1. The van der Waals surface area contributed by atoms with Crippen molar-refractivity contribution in [3.8, 4) is 11.1 Å². The maximum Gasteiger partial charge on any atom is 0.217 e. The topological polar surface area (TPSA) is 56.0 Å². The standard InChI is InChI=1S/C21H13N5S3/c1-12-6-8-13(9-7-12)14-10-27-18-17(14)19(23-11-22-18)29-21-25-24-20-26(21)15-4-2-3-5-16(15)28-20/h2-11H,1H3. The highest BCUT2D eigenvalue weighted by Crippen LogP contribution is 2.40. The third-order valence-electron chi connectivity index (χ3n) is 4.80. The maximum absolute atomic E-state index is 4.61. The number of fused-ring (bicyclic) bond motifs is 4. The first-order chi connectivity index (χ1) is 14.3. The Morgan fingerprint density at radius 2 is 1.83 bits per heavy atom. The molecule has 0 saturated heterocycles. The predicted molar refractivity (Wildman–Crippen MR) is 120 cm³/mol. The van der Waals surface area contributed by atoms with Gasteiger partial charge in [-0.1, -0.05) is 53.3 Å². The molecule has 5 nitrogen and oxygen atoms in total. The Labute approximate surface area is 178 Å². The summed E-state index contributed by atoms with van der Waals surface area (Å²) in [7, 11) is 0. The lowest BCUT2D eigenvalue weighted by Crippen LogP contribution is -1.89. The van der Waals surface area contributed by atoms with Crippen LogP contribution in [0.1, 0.15) is 5.56 Å². The van der Waals surface area contributed by atoms with E-state index in [1.165, 1.54) is 15.8 Å². The summed E-state index contributed by atoms with van der Waals surface area (Å²) < 4.78 is 3.30. The van der Waals surface area contributed by atoms with Crippen molar-refractivity contribution in [3.05, 3.63) is 65.8 Å². The van der Waals surface area contributed by atoms with Gasteiger partial charge in [0.2, 0.25) is 10.1 Å². The third-order valence-corrected chi connectivity index (χ3v) is 7.65. The molecule has 0 aliphatic heterocycles. The molecule has 140 valence electrons. The van der Waals surface area contributed by atoms with Crippen molar-refractivity contribution in [2.45, 2.75) is 17.1 Å². The number of para-hydroxylation sites is 1. The SMILES string of the molecule is Cc1ccc(-c2csc3ncnc(Sc4nnc5sc6ccccc6n45)c23)cc1. The summed E-state index contributed by atoms with van der Waals surface area (Å²) in [4.78, 5) is 11.0. The number of hydrogen-bond acceptors (Lipinski definition) is 7. The molecular formula is C21H13N5S3. The largest absolute Gasteiger partial charge is 0.260 e. The van der Waals surface area contributed by atoms with Crippen LogP contribution in [0.15, 0.2) is 70.4 Å². The van der Waals surface area contributed by atoms with Crippen LogP contribution >= 0.6 is 34.4 Å². The number of thiazole rings is 1. The lowest BCUT2D eigenvalue weighted by molar-refractivity contribution is 0.936. The van der Waals surface area contributed by atoms with Gasteiger partial charge in [0.15, 0.2) is 0 Å². The van der Waals surface area contributed by atoms with E-state index < -0.39 is 0 Å². The summed E-state index contributed by atoms with van der Waals surface area (Å²) in [6.07, 6.45) is 1.63. The third kappa shape index (κ3) is 2.75. The van der Waals surface area contributed by atoms with Crippen LogP contribution in [0.3, 0.4) is 0 Å². The molecular weight excluding hydrogens is 418 g/mol. The van der Waals surface area contributed by atoms with E-state index in [-0.39, 0.29) is 0 Å². The van der Waals surface area contributed by atoms with Gasteiger partial charge in [0.05, 0.1) is 15.6 Å². The van der Waals surface area contributed by atoms with Crippen LogP contribution in [0.5, 0.6) is 0 Å². The van der Waals surface area contributed by atoms with E-state index in [0.29, 0.717) is 0 Å². The summed E-state index contributed by atoms with van der Waals surface area (Å²) in [5.74, 6) is 0. The number of aryl methyl sites for hydroxylation is 1. The first-order valence-corrected chi connectivity index (χ1v) is 11.5. The monoisotopic (exact) mass is 431 g/mol. The van der Waals surface area contributed by atoms with Gasteiger partial charge in [0.25, 0.3) is 0 Å². The Balaban J connectivity index is 1.53. The summed E-state index contributed by atoms with van der Waals surface area (Å²) in [6.45, 7) is 2.10. The molecule has 0 bridgehead atoms. The molecule has 2 aromatic carbocycles. The van der Waals surface area contributed by atoms with Crippen LogP contribution < -0.4 is 0 Å². The molecule has 0 atom stereocenters. The van der Waals surface area contributed by atoms with Gasteiger partial charge >= 0.3 is 0 Å². The molecule has 6 rings (SSSR count). The molecule has 0 fully saturated rings. The molecule has 6 aromatic rings. The number of nitrogens with zero attached hydrogens (tertiary/aromatic N) is 5. The van der Waals surface area contributed by atoms with Crippen molar-refractivity contribution in [2.75, 3.05) is 0 Å². The second-order valence-electron chi connectivity index (χ2n) is 6.65. The first kappa shape index (κ1) is 17.1. The van der Waals surface area contributed by atoms with Crippen LogP contribution in [0.2, 0.25) is 0 Å². The lowest BCUT2D eigenvalue weighted by Gasteiger charge is -2.05. The van der Waals surface area contributed by atoms with Crippen LogP contribution in [0, 0.1) is 6.92 Å². The van der Waals surface area contributed by atoms with Crippen molar-refractivity contribution in [3.63, 3.8) is 0 Å². The number of thiophene rings is 1. The van der Waals surface area contributed by atoms with Gasteiger partial charge in [-0.15, -0.1) is 21.5 Å². The Hall–Kier alpha value is -2.81. The molecule has 0 N–H and O–H groups in total. The van der Waals surface area contributed by atoms with Gasteiger partial charge in [0.1, 0.15) is 16.2 Å². The Kier molecular flexibility index (Phi) is 3.90. The molecule has 0 amide bonds. The molecule has 29 heavy (non-hydrogen) atoms. The van der Waals surface area contributed by atoms with Crippen molar-refractivity contribution in [1.82, 2.24) is 24.6 Å². The fraction of sp³-hybridized carbons (Fsp3) is 0.0476. The van der Waals surface area contributed by atoms with Crippen LogP contribution in [-0.2, 0) is 0 Å². The second-order valence-corrected chi connectivity index (χ2v) is 9.47. The molecule has 0 saturated carbocycles. The van der Waals surface area contributed by atoms with E-state index in [9.17, 15) is 0 Å². The van der Waals surface area contributed by atoms with Gasteiger partial charge in [0, 0.05) is 10.9 Å². The quantitative estimate of drug-likeness (QED) is 0.318. The maximum atomic E-state index is 4.61. The van der Waals surface area contributed by atoms with Crippen molar-refractivity contribution < 1.29 is 0 Å². The summed E-state index contributed by atoms with van der Waals surface area (Å²) in [6, 6.07) is 16.9. The average molecular weight is 432 g/mol. The fourth-order valence-electron chi connectivity index (χ4n) is 3.38. The van der Waals surface area contributed by atoms with Crippen LogP contribution in [-0.4, -0.2) is 24.6 Å². The number of benzene rings is 2. The average Bonchev–Trinajstić information content (AvgIpc) is 3.43. The highest BCUT2D eigenvalue weighted by atomic mass is 32.2. The summed E-state index contributed by atoms with van der Waals surface area (Å²) in [5, 5.41) is 13.8. The van der Waals surface area contributed by atoms with Crippen molar-refractivity contribution in [1.29, 1.82) is 0 Å². The molecule has 0 unspecified atom stereocenters. The molecule has 8 heteroatoms.